The van der Waals surface area contributed by atoms with Crippen LogP contribution in [0.4, 0.5) is 0 Å². The minimum Gasteiger partial charge on any atom is -0.385 e. The molecule has 0 aliphatic carbocycles. The first-order valence-electron chi connectivity index (χ1n) is 10.2. The molecule has 0 saturated heterocycles. The van der Waals surface area contributed by atoms with E-state index in [0.717, 1.165) is 24.8 Å². The predicted octanol–water partition coefficient (Wildman–Crippen LogP) is 7.97. The number of allylic oxidation sites excluding steroid dienone is 2. The third-order valence-electron chi connectivity index (χ3n) is 4.52. The fraction of sp³-hybridized carbons (Fsp3) is 0.727. The van der Waals surface area contributed by atoms with Gasteiger partial charge in [-0.1, -0.05) is 107 Å². The predicted molar refractivity (Wildman–Crippen MR) is 126 cm³/mol. The van der Waals surface area contributed by atoms with E-state index in [1.807, 2.05) is 0 Å². The van der Waals surface area contributed by atoms with E-state index >= 15 is 0 Å². The van der Waals surface area contributed by atoms with Gasteiger partial charge in [0.1, 0.15) is 0 Å². The summed E-state index contributed by atoms with van der Waals surface area (Å²) in [6, 6.07) is 0. The van der Waals surface area contributed by atoms with Crippen molar-refractivity contribution in [3.05, 3.63) is 33.1 Å². The van der Waals surface area contributed by atoms with E-state index in [1.165, 1.54) is 50.5 Å². The van der Waals surface area contributed by atoms with E-state index in [4.69, 9.17) is 0 Å². The van der Waals surface area contributed by atoms with Crippen LogP contribution >= 0.6 is 22.6 Å². The summed E-state index contributed by atoms with van der Waals surface area (Å²) in [5, 5.41) is 10.4. The molecule has 3 heteroatoms. The average Bonchev–Trinajstić information content (AvgIpc) is 2.57. The molecular formula is C22H41IOSi. The van der Waals surface area contributed by atoms with Gasteiger partial charge in [-0.2, -0.15) is 0 Å². The Morgan fingerprint density at radius 1 is 0.960 bits per heavy atom. The average molecular weight is 477 g/mol. The maximum absolute atomic E-state index is 10.4. The summed E-state index contributed by atoms with van der Waals surface area (Å²) < 4.78 is 1.56. The van der Waals surface area contributed by atoms with Gasteiger partial charge in [-0.05, 0) is 40.0 Å². The largest absolute Gasteiger partial charge is 0.385 e. The minimum atomic E-state index is -1.33. The van der Waals surface area contributed by atoms with Gasteiger partial charge in [0.15, 0.2) is 0 Å². The van der Waals surface area contributed by atoms with Crippen LogP contribution in [0.3, 0.4) is 0 Å². The maximum Gasteiger partial charge on any atom is 0.0932 e. The second-order valence-electron chi connectivity index (χ2n) is 8.11. The molecule has 0 rings (SSSR count). The van der Waals surface area contributed by atoms with Crippen LogP contribution in [0.1, 0.15) is 78.1 Å². The van der Waals surface area contributed by atoms with Crippen molar-refractivity contribution in [3.63, 3.8) is 0 Å². The molecule has 1 nitrogen and oxygen atoms in total. The number of aliphatic hydroxyl groups excluding tert-OH is 1. The van der Waals surface area contributed by atoms with E-state index in [2.05, 4.69) is 68.7 Å². The lowest BCUT2D eigenvalue weighted by atomic mass is 9.97. The summed E-state index contributed by atoms with van der Waals surface area (Å²) in [4.78, 5) is 0. The van der Waals surface area contributed by atoms with Gasteiger partial charge in [0.2, 0.25) is 0 Å². The topological polar surface area (TPSA) is 20.2 Å². The van der Waals surface area contributed by atoms with Crippen molar-refractivity contribution in [1.29, 1.82) is 0 Å². The molecule has 0 aromatic rings. The van der Waals surface area contributed by atoms with Gasteiger partial charge in [-0.15, -0.1) is 6.58 Å². The monoisotopic (exact) mass is 476 g/mol. The van der Waals surface area contributed by atoms with Gasteiger partial charge < -0.3 is 5.11 Å². The van der Waals surface area contributed by atoms with E-state index in [0.29, 0.717) is 0 Å². The third-order valence-corrected chi connectivity index (χ3v) is 11.7. The van der Waals surface area contributed by atoms with Crippen molar-refractivity contribution in [2.75, 3.05) is 0 Å². The Morgan fingerprint density at radius 3 is 1.92 bits per heavy atom. The Hall–Kier alpha value is 0.127. The van der Waals surface area contributed by atoms with Crippen LogP contribution in [0.5, 0.6) is 0 Å². The molecular weight excluding hydrogens is 435 g/mol. The molecule has 0 radical (unpaired) electrons. The number of rotatable bonds is 14. The van der Waals surface area contributed by atoms with Crippen LogP contribution in [0.2, 0.25) is 19.6 Å². The lowest BCUT2D eigenvalue weighted by Gasteiger charge is -2.21. The second-order valence-corrected chi connectivity index (χ2v) is 15.2. The molecule has 0 aromatic heterocycles. The summed E-state index contributed by atoms with van der Waals surface area (Å²) in [7, 11) is -1.33. The normalized spacial score (nSPS) is 15.1. The molecule has 0 aliphatic heterocycles. The van der Waals surface area contributed by atoms with Crippen molar-refractivity contribution >= 4 is 30.7 Å². The van der Waals surface area contributed by atoms with Gasteiger partial charge in [-0.25, -0.2) is 0 Å². The number of hydrogen-bond donors (Lipinski definition) is 1. The zero-order valence-electron chi connectivity index (χ0n) is 17.3. The molecule has 0 bridgehead atoms. The smallest absolute Gasteiger partial charge is 0.0932 e. The highest BCUT2D eigenvalue weighted by molar-refractivity contribution is 14.1. The van der Waals surface area contributed by atoms with E-state index < -0.39 is 14.2 Å². The highest BCUT2D eigenvalue weighted by Gasteiger charge is 2.21. The lowest BCUT2D eigenvalue weighted by molar-refractivity contribution is 0.254. The Morgan fingerprint density at radius 2 is 1.48 bits per heavy atom. The highest BCUT2D eigenvalue weighted by atomic mass is 127. The molecule has 1 N–H and O–H groups in total. The van der Waals surface area contributed by atoms with Crippen LogP contribution < -0.4 is 0 Å². The summed E-state index contributed by atoms with van der Waals surface area (Å²) in [6.45, 7) is 15.6. The van der Waals surface area contributed by atoms with Crippen LogP contribution in [-0.2, 0) is 0 Å². The van der Waals surface area contributed by atoms with Crippen molar-refractivity contribution in [3.8, 4) is 0 Å². The molecule has 146 valence electrons. The number of halogens is 1. The molecule has 0 aromatic carbocycles. The first-order chi connectivity index (χ1) is 11.8. The summed E-state index contributed by atoms with van der Waals surface area (Å²) >= 11 is 2.58. The SMILES string of the molecule is C=CC(O)/C(=C\C(CCCCCC)=C(/I)[Si](C)(C)C)CCCCCC. The van der Waals surface area contributed by atoms with Gasteiger partial charge in [0.25, 0.3) is 0 Å². The van der Waals surface area contributed by atoms with Gasteiger partial charge in [0, 0.05) is 0 Å². The number of hydrogen-bond acceptors (Lipinski definition) is 1. The second kappa shape index (κ2) is 14.2. The fourth-order valence-corrected chi connectivity index (χ4v) is 4.49. The number of aliphatic hydroxyl groups is 1. The summed E-state index contributed by atoms with van der Waals surface area (Å²) in [5.74, 6) is 0. The fourth-order valence-electron chi connectivity index (χ4n) is 2.91. The molecule has 25 heavy (non-hydrogen) atoms. The van der Waals surface area contributed by atoms with Crippen molar-refractivity contribution < 1.29 is 5.11 Å². The minimum absolute atomic E-state index is 0.502. The van der Waals surface area contributed by atoms with Crippen LogP contribution in [0, 0.1) is 0 Å². The molecule has 1 atom stereocenters. The van der Waals surface area contributed by atoms with E-state index in [1.54, 1.807) is 9.28 Å². The van der Waals surface area contributed by atoms with Gasteiger partial charge in [0.05, 0.1) is 14.2 Å². The highest BCUT2D eigenvalue weighted by Crippen LogP contribution is 2.31. The Kier molecular flexibility index (Phi) is 14.3. The summed E-state index contributed by atoms with van der Waals surface area (Å²) in [5.41, 5.74) is 2.63. The Balaban J connectivity index is 5.37. The van der Waals surface area contributed by atoms with Gasteiger partial charge >= 0.3 is 0 Å². The third kappa shape index (κ3) is 11.4. The molecule has 0 aliphatic rings. The van der Waals surface area contributed by atoms with Crippen LogP contribution in [0.25, 0.3) is 0 Å². The van der Waals surface area contributed by atoms with Gasteiger partial charge in [-0.3, -0.25) is 0 Å². The standard InChI is InChI=1S/C22H41IOSi/c1-7-10-12-14-16-19(21(24)9-3)18-20(17-15-13-11-8-2)22(23)25(4,5)6/h9,18,21,24H,3,7-8,10-17H2,1-2,4-6H3/b19-18-,22-20+. The molecule has 0 saturated carbocycles. The Bertz CT molecular complexity index is 432. The van der Waals surface area contributed by atoms with Crippen molar-refractivity contribution in [2.24, 2.45) is 0 Å². The van der Waals surface area contributed by atoms with Crippen LogP contribution in [-0.4, -0.2) is 19.3 Å². The first-order valence-corrected chi connectivity index (χ1v) is 14.8. The van der Waals surface area contributed by atoms with E-state index in [-0.39, 0.29) is 0 Å². The number of unbranched alkanes of at least 4 members (excludes halogenated alkanes) is 6. The zero-order valence-corrected chi connectivity index (χ0v) is 20.5. The van der Waals surface area contributed by atoms with Crippen LogP contribution in [0.15, 0.2) is 33.1 Å². The molecule has 1 unspecified atom stereocenters. The lowest BCUT2D eigenvalue weighted by Crippen LogP contribution is -2.22. The van der Waals surface area contributed by atoms with E-state index in [9.17, 15) is 5.11 Å². The van der Waals surface area contributed by atoms with Crippen molar-refractivity contribution in [1.82, 2.24) is 0 Å². The quantitative estimate of drug-likeness (QED) is 0.0886. The zero-order chi connectivity index (χ0) is 19.3. The first kappa shape index (κ1) is 25.1. The molecule has 0 fully saturated rings. The molecule has 0 spiro atoms. The Labute approximate surface area is 172 Å². The maximum atomic E-state index is 10.4. The van der Waals surface area contributed by atoms with Crippen molar-refractivity contribution in [2.45, 2.75) is 104 Å². The summed E-state index contributed by atoms with van der Waals surface area (Å²) in [6.07, 6.45) is 15.7. The molecule has 0 amide bonds. The molecule has 0 heterocycles.